The van der Waals surface area contributed by atoms with E-state index in [-0.39, 0.29) is 0 Å². The maximum atomic E-state index is 8.48. The van der Waals surface area contributed by atoms with E-state index in [0.29, 0.717) is 19.1 Å². The number of aryl methyl sites for hydroxylation is 1. The van der Waals surface area contributed by atoms with E-state index in [1.807, 2.05) is 0 Å². The van der Waals surface area contributed by atoms with Crippen molar-refractivity contribution in [1.29, 1.82) is 5.26 Å². The molecule has 1 unspecified atom stereocenters. The maximum absolute atomic E-state index is 8.48. The van der Waals surface area contributed by atoms with Crippen LogP contribution in [-0.2, 0) is 6.42 Å². The minimum atomic E-state index is 0.516. The highest BCUT2D eigenvalue weighted by Crippen LogP contribution is 2.33. The summed E-state index contributed by atoms with van der Waals surface area (Å²) < 4.78 is 5.68. The smallest absolute Gasteiger partial charge is 0.119 e. The Morgan fingerprint density at radius 1 is 1.47 bits per heavy atom. The number of hydrogen-bond acceptors (Lipinski definition) is 3. The van der Waals surface area contributed by atoms with Crippen molar-refractivity contribution in [2.45, 2.75) is 45.1 Å². The van der Waals surface area contributed by atoms with E-state index < -0.39 is 0 Å². The zero-order chi connectivity index (χ0) is 13.5. The number of nitriles is 1. The summed E-state index contributed by atoms with van der Waals surface area (Å²) in [6.45, 7) is 3.90. The second kappa shape index (κ2) is 7.16. The van der Waals surface area contributed by atoms with Gasteiger partial charge < -0.3 is 10.1 Å². The third kappa shape index (κ3) is 3.71. The average Bonchev–Trinajstić information content (AvgIpc) is 2.84. The van der Waals surface area contributed by atoms with Gasteiger partial charge in [-0.15, -0.1) is 0 Å². The van der Waals surface area contributed by atoms with E-state index in [4.69, 9.17) is 10.00 Å². The van der Waals surface area contributed by atoms with Gasteiger partial charge in [-0.25, -0.2) is 0 Å². The van der Waals surface area contributed by atoms with Crippen molar-refractivity contribution in [2.75, 3.05) is 13.2 Å². The average molecular weight is 258 g/mol. The number of rotatable bonds is 7. The van der Waals surface area contributed by atoms with Gasteiger partial charge in [0, 0.05) is 12.5 Å². The first-order valence-electron chi connectivity index (χ1n) is 7.21. The number of nitrogens with one attached hydrogen (secondary N) is 1. The second-order valence-electron chi connectivity index (χ2n) is 5.02. The van der Waals surface area contributed by atoms with Crippen molar-refractivity contribution < 1.29 is 4.74 Å². The Hall–Kier alpha value is -1.53. The molecule has 0 aliphatic heterocycles. The standard InChI is InChI=1S/C16H22N2O/c1-2-10-18-16-8-5-13-12-14(6-7-15(13)16)19-11-4-3-9-17/h6-7,12,16,18H,2-5,8,10-11H2,1H3. The molecule has 1 aliphatic carbocycles. The molecule has 1 N–H and O–H groups in total. The molecule has 0 fully saturated rings. The van der Waals surface area contributed by atoms with Gasteiger partial charge in [-0.3, -0.25) is 0 Å². The van der Waals surface area contributed by atoms with Crippen molar-refractivity contribution in [1.82, 2.24) is 5.32 Å². The summed E-state index contributed by atoms with van der Waals surface area (Å²) in [6, 6.07) is 9.05. The van der Waals surface area contributed by atoms with Crippen LogP contribution in [0.2, 0.25) is 0 Å². The van der Waals surface area contributed by atoms with Gasteiger partial charge in [0.1, 0.15) is 5.75 Å². The SMILES string of the molecule is CCCNC1CCc2cc(OCCCC#N)ccc21. The lowest BCUT2D eigenvalue weighted by Crippen LogP contribution is -2.19. The third-order valence-corrected chi connectivity index (χ3v) is 3.53. The van der Waals surface area contributed by atoms with Gasteiger partial charge in [-0.05, 0) is 55.5 Å². The first kappa shape index (κ1) is 13.9. The number of fused-ring (bicyclic) bond motifs is 1. The van der Waals surface area contributed by atoms with E-state index in [1.54, 1.807) is 0 Å². The number of hydrogen-bond donors (Lipinski definition) is 1. The molecular formula is C16H22N2O. The largest absolute Gasteiger partial charge is 0.494 e. The number of ether oxygens (including phenoxy) is 1. The van der Waals surface area contributed by atoms with Gasteiger partial charge >= 0.3 is 0 Å². The number of nitrogens with zero attached hydrogens (tertiary/aromatic N) is 1. The normalized spacial score (nSPS) is 16.9. The minimum absolute atomic E-state index is 0.516. The topological polar surface area (TPSA) is 45.0 Å². The van der Waals surface area contributed by atoms with Crippen LogP contribution in [-0.4, -0.2) is 13.2 Å². The molecule has 0 spiro atoms. The molecule has 0 amide bonds. The molecule has 19 heavy (non-hydrogen) atoms. The maximum Gasteiger partial charge on any atom is 0.119 e. The number of unbranched alkanes of at least 4 members (excludes halogenated alkanes) is 1. The first-order valence-corrected chi connectivity index (χ1v) is 7.21. The number of benzene rings is 1. The summed E-state index contributed by atoms with van der Waals surface area (Å²) in [6.07, 6.45) is 4.85. The van der Waals surface area contributed by atoms with Crippen molar-refractivity contribution in [3.05, 3.63) is 29.3 Å². The lowest BCUT2D eigenvalue weighted by Gasteiger charge is -2.14. The van der Waals surface area contributed by atoms with Gasteiger partial charge in [0.05, 0.1) is 12.7 Å². The van der Waals surface area contributed by atoms with Crippen LogP contribution < -0.4 is 10.1 Å². The second-order valence-corrected chi connectivity index (χ2v) is 5.02. The molecule has 1 aromatic rings. The van der Waals surface area contributed by atoms with E-state index >= 15 is 0 Å². The van der Waals surface area contributed by atoms with Crippen molar-refractivity contribution in [3.63, 3.8) is 0 Å². The fourth-order valence-electron chi connectivity index (χ4n) is 2.56. The van der Waals surface area contributed by atoms with Crippen LogP contribution in [0.25, 0.3) is 0 Å². The molecule has 3 heteroatoms. The molecule has 102 valence electrons. The van der Waals surface area contributed by atoms with Crippen LogP contribution in [0.3, 0.4) is 0 Å². The molecule has 1 aliphatic rings. The van der Waals surface area contributed by atoms with Gasteiger partial charge in [0.25, 0.3) is 0 Å². The summed E-state index contributed by atoms with van der Waals surface area (Å²) in [4.78, 5) is 0. The molecular weight excluding hydrogens is 236 g/mol. The van der Waals surface area contributed by atoms with Crippen LogP contribution >= 0.6 is 0 Å². The Morgan fingerprint density at radius 3 is 3.16 bits per heavy atom. The molecule has 1 atom stereocenters. The zero-order valence-corrected chi connectivity index (χ0v) is 11.6. The van der Waals surface area contributed by atoms with Crippen LogP contribution in [0.5, 0.6) is 5.75 Å². The van der Waals surface area contributed by atoms with Gasteiger partial charge in [-0.2, -0.15) is 5.26 Å². The van der Waals surface area contributed by atoms with E-state index in [2.05, 4.69) is 36.5 Å². The van der Waals surface area contributed by atoms with Crippen LogP contribution in [0, 0.1) is 11.3 Å². The molecule has 0 aromatic heterocycles. The fourth-order valence-corrected chi connectivity index (χ4v) is 2.56. The lowest BCUT2D eigenvalue weighted by molar-refractivity contribution is 0.312. The third-order valence-electron chi connectivity index (χ3n) is 3.53. The summed E-state index contributed by atoms with van der Waals surface area (Å²) in [5, 5.41) is 12.1. The predicted molar refractivity (Wildman–Crippen MR) is 76.1 cm³/mol. The van der Waals surface area contributed by atoms with Gasteiger partial charge in [0.2, 0.25) is 0 Å². The highest BCUT2D eigenvalue weighted by molar-refractivity contribution is 5.40. The van der Waals surface area contributed by atoms with Gasteiger partial charge in [0.15, 0.2) is 0 Å². The van der Waals surface area contributed by atoms with Crippen LogP contribution in [0.1, 0.15) is 49.8 Å². The Balaban J connectivity index is 1.92. The fraction of sp³-hybridized carbons (Fsp3) is 0.562. The highest BCUT2D eigenvalue weighted by Gasteiger charge is 2.21. The van der Waals surface area contributed by atoms with Crippen molar-refractivity contribution >= 4 is 0 Å². The summed E-state index contributed by atoms with van der Waals surface area (Å²) >= 11 is 0. The Morgan fingerprint density at radius 2 is 2.37 bits per heavy atom. The van der Waals surface area contributed by atoms with Crippen molar-refractivity contribution in [3.8, 4) is 11.8 Å². The quantitative estimate of drug-likeness (QED) is 0.763. The first-order chi connectivity index (χ1) is 9.35. The summed E-state index contributed by atoms with van der Waals surface area (Å²) in [5.74, 6) is 0.938. The lowest BCUT2D eigenvalue weighted by atomic mass is 10.1. The van der Waals surface area contributed by atoms with Crippen LogP contribution in [0.4, 0.5) is 0 Å². The minimum Gasteiger partial charge on any atom is -0.494 e. The summed E-state index contributed by atoms with van der Waals surface area (Å²) in [5.41, 5.74) is 2.84. The Bertz CT molecular complexity index is 451. The molecule has 3 nitrogen and oxygen atoms in total. The van der Waals surface area contributed by atoms with E-state index in [1.165, 1.54) is 24.0 Å². The van der Waals surface area contributed by atoms with E-state index in [9.17, 15) is 0 Å². The Kier molecular flexibility index (Phi) is 5.23. The zero-order valence-electron chi connectivity index (χ0n) is 11.6. The predicted octanol–water partition coefficient (Wildman–Crippen LogP) is 3.36. The highest BCUT2D eigenvalue weighted by atomic mass is 16.5. The van der Waals surface area contributed by atoms with Crippen LogP contribution in [0.15, 0.2) is 18.2 Å². The molecule has 2 rings (SSSR count). The molecule has 0 heterocycles. The Labute approximate surface area is 115 Å². The van der Waals surface area contributed by atoms with E-state index in [0.717, 1.165) is 25.1 Å². The molecule has 0 bridgehead atoms. The molecule has 0 radical (unpaired) electrons. The molecule has 0 saturated carbocycles. The monoisotopic (exact) mass is 258 g/mol. The molecule has 0 saturated heterocycles. The van der Waals surface area contributed by atoms with Gasteiger partial charge in [-0.1, -0.05) is 13.0 Å². The summed E-state index contributed by atoms with van der Waals surface area (Å²) in [7, 11) is 0. The molecule has 1 aromatic carbocycles. The van der Waals surface area contributed by atoms with Crippen molar-refractivity contribution in [2.24, 2.45) is 0 Å².